The molecular weight excluding hydrogens is 222 g/mol. The minimum atomic E-state index is 0.903. The molecule has 0 aromatic heterocycles. The van der Waals surface area contributed by atoms with Crippen molar-refractivity contribution in [3.05, 3.63) is 0 Å². The summed E-state index contributed by atoms with van der Waals surface area (Å²) in [5.41, 5.74) is 0. The lowest BCUT2D eigenvalue weighted by atomic mass is 10.1. The molecule has 0 amide bonds. The van der Waals surface area contributed by atoms with Gasteiger partial charge < -0.3 is 15.1 Å². The Balaban J connectivity index is 1.61. The Morgan fingerprint density at radius 2 is 1.72 bits per heavy atom. The normalized spacial score (nSPS) is 30.3. The van der Waals surface area contributed by atoms with E-state index in [1.807, 2.05) is 0 Å². The summed E-state index contributed by atoms with van der Waals surface area (Å²) in [6.07, 6.45) is 4.08. The summed E-state index contributed by atoms with van der Waals surface area (Å²) >= 11 is 0. The van der Waals surface area contributed by atoms with Crippen LogP contribution in [-0.2, 0) is 0 Å². The molecule has 2 heterocycles. The van der Waals surface area contributed by atoms with Crippen molar-refractivity contribution < 1.29 is 0 Å². The Morgan fingerprint density at radius 1 is 1.00 bits per heavy atom. The topological polar surface area (TPSA) is 18.5 Å². The van der Waals surface area contributed by atoms with Crippen molar-refractivity contribution in [1.29, 1.82) is 0 Å². The zero-order valence-corrected chi connectivity index (χ0v) is 12.3. The van der Waals surface area contributed by atoms with Crippen molar-refractivity contribution in [3.8, 4) is 0 Å². The van der Waals surface area contributed by atoms with Crippen LogP contribution in [0.15, 0.2) is 0 Å². The Kier molecular flexibility index (Phi) is 5.93. The summed E-state index contributed by atoms with van der Waals surface area (Å²) in [5, 5.41) is 3.57. The molecule has 2 rings (SSSR count). The lowest BCUT2D eigenvalue weighted by molar-refractivity contribution is 0.259. The van der Waals surface area contributed by atoms with Gasteiger partial charge in [0.25, 0.3) is 0 Å². The average Bonchev–Trinajstić information content (AvgIpc) is 3.00. The first-order valence-corrected chi connectivity index (χ1v) is 7.97. The molecule has 18 heavy (non-hydrogen) atoms. The number of rotatable bonds is 7. The van der Waals surface area contributed by atoms with Crippen molar-refractivity contribution in [3.63, 3.8) is 0 Å². The number of nitrogens with zero attached hydrogens (tertiary/aromatic N) is 2. The Bertz CT molecular complexity index is 232. The fraction of sp³-hybridized carbons (Fsp3) is 1.00. The van der Waals surface area contributed by atoms with Crippen LogP contribution in [0.1, 0.15) is 33.1 Å². The molecule has 2 aliphatic heterocycles. The molecule has 0 aromatic carbocycles. The quantitative estimate of drug-likeness (QED) is 0.696. The van der Waals surface area contributed by atoms with Gasteiger partial charge in [0, 0.05) is 19.6 Å². The highest BCUT2D eigenvalue weighted by molar-refractivity contribution is 4.82. The molecule has 2 saturated heterocycles. The maximum absolute atomic E-state index is 3.57. The van der Waals surface area contributed by atoms with Crippen LogP contribution in [0.4, 0.5) is 0 Å². The molecule has 0 bridgehead atoms. The Hall–Kier alpha value is -0.120. The SMILES string of the molecule is CCCNCC1CCN(CC2CCN(CC)C2)C1. The first-order valence-electron chi connectivity index (χ1n) is 7.97. The molecule has 2 unspecified atom stereocenters. The second kappa shape index (κ2) is 7.46. The van der Waals surface area contributed by atoms with E-state index in [0.29, 0.717) is 0 Å². The van der Waals surface area contributed by atoms with Crippen molar-refractivity contribution in [1.82, 2.24) is 15.1 Å². The van der Waals surface area contributed by atoms with E-state index in [1.165, 1.54) is 71.6 Å². The van der Waals surface area contributed by atoms with Crippen LogP contribution >= 0.6 is 0 Å². The van der Waals surface area contributed by atoms with Crippen LogP contribution < -0.4 is 5.32 Å². The van der Waals surface area contributed by atoms with Gasteiger partial charge in [-0.2, -0.15) is 0 Å². The second-order valence-corrected chi connectivity index (χ2v) is 6.17. The largest absolute Gasteiger partial charge is 0.316 e. The Labute approximate surface area is 113 Å². The molecule has 0 aliphatic carbocycles. The molecule has 0 aromatic rings. The van der Waals surface area contributed by atoms with Gasteiger partial charge >= 0.3 is 0 Å². The summed E-state index contributed by atoms with van der Waals surface area (Å²) in [5.74, 6) is 1.84. The zero-order chi connectivity index (χ0) is 12.8. The molecule has 3 heteroatoms. The van der Waals surface area contributed by atoms with Gasteiger partial charge in [-0.15, -0.1) is 0 Å². The minimum absolute atomic E-state index is 0.903. The standard InChI is InChI=1S/C15H31N3/c1-3-7-16-10-14-5-9-18(11-14)13-15-6-8-17(4-2)12-15/h14-16H,3-13H2,1-2H3. The van der Waals surface area contributed by atoms with Crippen molar-refractivity contribution >= 4 is 0 Å². The van der Waals surface area contributed by atoms with Gasteiger partial charge in [-0.1, -0.05) is 13.8 Å². The highest BCUT2D eigenvalue weighted by Gasteiger charge is 2.27. The van der Waals surface area contributed by atoms with Gasteiger partial charge in [0.15, 0.2) is 0 Å². The van der Waals surface area contributed by atoms with Crippen LogP contribution in [0.25, 0.3) is 0 Å². The Morgan fingerprint density at radius 3 is 2.44 bits per heavy atom. The first kappa shape index (κ1) is 14.3. The molecule has 2 atom stereocenters. The van der Waals surface area contributed by atoms with Crippen LogP contribution in [0.5, 0.6) is 0 Å². The van der Waals surface area contributed by atoms with Crippen LogP contribution in [0.2, 0.25) is 0 Å². The monoisotopic (exact) mass is 253 g/mol. The van der Waals surface area contributed by atoms with E-state index in [2.05, 4.69) is 29.0 Å². The number of hydrogen-bond donors (Lipinski definition) is 1. The van der Waals surface area contributed by atoms with E-state index in [-0.39, 0.29) is 0 Å². The highest BCUT2D eigenvalue weighted by atomic mass is 15.2. The highest BCUT2D eigenvalue weighted by Crippen LogP contribution is 2.21. The van der Waals surface area contributed by atoms with E-state index >= 15 is 0 Å². The van der Waals surface area contributed by atoms with Crippen molar-refractivity contribution in [2.24, 2.45) is 11.8 Å². The third kappa shape index (κ3) is 4.22. The van der Waals surface area contributed by atoms with Gasteiger partial charge in [0.2, 0.25) is 0 Å². The molecule has 3 nitrogen and oxygen atoms in total. The minimum Gasteiger partial charge on any atom is -0.316 e. The number of nitrogens with one attached hydrogen (secondary N) is 1. The number of hydrogen-bond acceptors (Lipinski definition) is 3. The van der Waals surface area contributed by atoms with E-state index in [1.54, 1.807) is 0 Å². The summed E-state index contributed by atoms with van der Waals surface area (Å²) in [6, 6.07) is 0. The van der Waals surface area contributed by atoms with E-state index in [9.17, 15) is 0 Å². The summed E-state index contributed by atoms with van der Waals surface area (Å²) < 4.78 is 0. The number of likely N-dealkylation sites (tertiary alicyclic amines) is 2. The smallest absolute Gasteiger partial charge is 0.00225 e. The van der Waals surface area contributed by atoms with Gasteiger partial charge in [-0.25, -0.2) is 0 Å². The molecule has 2 aliphatic rings. The predicted molar refractivity (Wildman–Crippen MR) is 77.9 cm³/mol. The molecule has 106 valence electrons. The fourth-order valence-electron chi connectivity index (χ4n) is 3.44. The molecular formula is C15H31N3. The second-order valence-electron chi connectivity index (χ2n) is 6.17. The first-order chi connectivity index (χ1) is 8.81. The van der Waals surface area contributed by atoms with E-state index < -0.39 is 0 Å². The fourth-order valence-corrected chi connectivity index (χ4v) is 3.44. The third-order valence-electron chi connectivity index (χ3n) is 4.56. The average molecular weight is 253 g/mol. The van der Waals surface area contributed by atoms with Gasteiger partial charge in [0.1, 0.15) is 0 Å². The maximum atomic E-state index is 3.57. The molecule has 0 spiro atoms. The zero-order valence-electron chi connectivity index (χ0n) is 12.3. The lowest BCUT2D eigenvalue weighted by Crippen LogP contribution is -2.31. The van der Waals surface area contributed by atoms with Crippen LogP contribution in [0.3, 0.4) is 0 Å². The molecule has 0 saturated carbocycles. The lowest BCUT2D eigenvalue weighted by Gasteiger charge is -2.21. The molecule has 2 fully saturated rings. The van der Waals surface area contributed by atoms with Gasteiger partial charge in [-0.3, -0.25) is 0 Å². The maximum Gasteiger partial charge on any atom is 0.00225 e. The van der Waals surface area contributed by atoms with E-state index in [4.69, 9.17) is 0 Å². The third-order valence-corrected chi connectivity index (χ3v) is 4.56. The van der Waals surface area contributed by atoms with Gasteiger partial charge in [-0.05, 0) is 63.8 Å². The molecule has 1 N–H and O–H groups in total. The summed E-state index contributed by atoms with van der Waals surface area (Å²) in [7, 11) is 0. The summed E-state index contributed by atoms with van der Waals surface area (Å²) in [6.45, 7) is 14.9. The summed E-state index contributed by atoms with van der Waals surface area (Å²) in [4.78, 5) is 5.31. The van der Waals surface area contributed by atoms with Crippen molar-refractivity contribution in [2.45, 2.75) is 33.1 Å². The van der Waals surface area contributed by atoms with Crippen molar-refractivity contribution in [2.75, 3.05) is 52.4 Å². The van der Waals surface area contributed by atoms with E-state index in [0.717, 1.165) is 11.8 Å². The van der Waals surface area contributed by atoms with Crippen LogP contribution in [-0.4, -0.2) is 62.2 Å². The van der Waals surface area contributed by atoms with Crippen LogP contribution in [0, 0.1) is 11.8 Å². The predicted octanol–water partition coefficient (Wildman–Crippen LogP) is 1.65. The molecule has 0 radical (unpaired) electrons. The van der Waals surface area contributed by atoms with Gasteiger partial charge in [0.05, 0.1) is 0 Å².